The summed E-state index contributed by atoms with van der Waals surface area (Å²) in [5, 5.41) is 3.13. The van der Waals surface area contributed by atoms with Gasteiger partial charge in [-0.1, -0.05) is 70.4 Å². The Hall–Kier alpha value is -3.30. The Balaban J connectivity index is 1.47. The lowest BCUT2D eigenvalue weighted by Crippen LogP contribution is -2.52. The van der Waals surface area contributed by atoms with Crippen LogP contribution in [0.4, 0.5) is 5.69 Å². The smallest absolute Gasteiger partial charge is 0.330 e. The molecule has 0 saturated carbocycles. The lowest BCUT2D eigenvalue weighted by Gasteiger charge is -2.47. The molecule has 0 spiro atoms. The summed E-state index contributed by atoms with van der Waals surface area (Å²) >= 11 is 5.04. The number of amides is 2. The van der Waals surface area contributed by atoms with Crippen LogP contribution in [0, 0.1) is 5.92 Å². The Labute approximate surface area is 255 Å². The van der Waals surface area contributed by atoms with Crippen molar-refractivity contribution in [1.82, 2.24) is 10.4 Å². The van der Waals surface area contributed by atoms with Crippen molar-refractivity contribution in [3.05, 3.63) is 66.5 Å². The molecule has 1 aliphatic rings. The van der Waals surface area contributed by atoms with Crippen LogP contribution in [-0.2, 0) is 14.2 Å². The minimum Gasteiger partial charge on any atom is -0.493 e. The topological polar surface area (TPSA) is 80.8 Å². The van der Waals surface area contributed by atoms with Crippen LogP contribution in [0.2, 0.25) is 0 Å². The number of hydrazine groups is 1. The molecule has 1 unspecified atom stereocenters. The summed E-state index contributed by atoms with van der Waals surface area (Å²) in [5.41, 5.74) is 4.66. The molecular weight excluding hydrogens is 545 g/mol. The van der Waals surface area contributed by atoms with Crippen molar-refractivity contribution in [2.75, 3.05) is 11.6 Å². The molecule has 221 valence electrons. The van der Waals surface area contributed by atoms with Crippen LogP contribution in [0.1, 0.15) is 72.3 Å². The standard InChI is InChI=1S/C33H41BN3O4S/c1-6-21-40-29-18-12-23(26-19-20-35-22-28(26)29)11-17-27-30(38)36-37(31(27)39)25-15-13-24(14-16-25)34-41-32(7-2,8-3)33(42,9-4)10-5/h11-20,22,27,42H,6-10,21H2,1-5H3,(H,36,38)/b17-11+. The van der Waals surface area contributed by atoms with Gasteiger partial charge in [0, 0.05) is 22.5 Å². The lowest BCUT2D eigenvalue weighted by molar-refractivity contribution is -0.125. The molecule has 4 rings (SSSR count). The minimum absolute atomic E-state index is 0.240. The van der Waals surface area contributed by atoms with Gasteiger partial charge in [-0.25, -0.2) is 5.01 Å². The predicted molar refractivity (Wildman–Crippen MR) is 174 cm³/mol. The molecule has 2 amide bonds. The fraction of sp³-hybridized carbons (Fsp3) is 0.424. The molecule has 1 N–H and O–H groups in total. The van der Waals surface area contributed by atoms with Crippen LogP contribution in [0.5, 0.6) is 5.75 Å². The van der Waals surface area contributed by atoms with Gasteiger partial charge in [0.15, 0.2) is 0 Å². The highest BCUT2D eigenvalue weighted by molar-refractivity contribution is 7.82. The fourth-order valence-corrected chi connectivity index (χ4v) is 6.05. The number of hydrogen-bond donors (Lipinski definition) is 2. The van der Waals surface area contributed by atoms with Crippen LogP contribution in [0.15, 0.2) is 60.9 Å². The maximum Gasteiger partial charge on any atom is 0.330 e. The number of fused-ring (bicyclic) bond motifs is 1. The normalized spacial score (nSPS) is 16.0. The van der Waals surface area contributed by atoms with E-state index in [0.717, 1.165) is 59.7 Å². The maximum atomic E-state index is 13.3. The van der Waals surface area contributed by atoms with E-state index in [4.69, 9.17) is 22.0 Å². The highest BCUT2D eigenvalue weighted by Crippen LogP contribution is 2.42. The van der Waals surface area contributed by atoms with Gasteiger partial charge in [0.25, 0.3) is 11.8 Å². The first-order valence-electron chi connectivity index (χ1n) is 14.9. The molecular formula is C33H41BN3O4S. The first-order valence-corrected chi connectivity index (χ1v) is 15.4. The quantitative estimate of drug-likeness (QED) is 0.137. The minimum atomic E-state index is -0.936. The summed E-state index contributed by atoms with van der Waals surface area (Å²) in [6.07, 6.45) is 11.3. The zero-order valence-electron chi connectivity index (χ0n) is 25.2. The molecule has 0 aliphatic carbocycles. The molecule has 1 aromatic heterocycles. The van der Waals surface area contributed by atoms with E-state index in [9.17, 15) is 9.59 Å². The largest absolute Gasteiger partial charge is 0.493 e. The molecule has 1 fully saturated rings. The van der Waals surface area contributed by atoms with Crippen LogP contribution >= 0.6 is 12.6 Å². The van der Waals surface area contributed by atoms with Gasteiger partial charge in [0.2, 0.25) is 0 Å². The number of rotatable bonds is 14. The second kappa shape index (κ2) is 13.8. The van der Waals surface area contributed by atoms with Crippen molar-refractivity contribution in [1.29, 1.82) is 0 Å². The van der Waals surface area contributed by atoms with Gasteiger partial charge in [0.1, 0.15) is 11.7 Å². The molecule has 3 aromatic rings. The number of nitrogens with zero attached hydrogens (tertiary/aromatic N) is 2. The van der Waals surface area contributed by atoms with Crippen LogP contribution in [-0.4, -0.2) is 41.2 Å². The number of ether oxygens (including phenoxy) is 1. The monoisotopic (exact) mass is 586 g/mol. The highest BCUT2D eigenvalue weighted by atomic mass is 32.1. The first-order chi connectivity index (χ1) is 20.3. The van der Waals surface area contributed by atoms with Crippen LogP contribution in [0.3, 0.4) is 0 Å². The molecule has 0 bridgehead atoms. The number of thiol groups is 1. The molecule has 1 radical (unpaired) electrons. The van der Waals surface area contributed by atoms with E-state index >= 15 is 0 Å². The third-order valence-corrected chi connectivity index (χ3v) is 9.50. The molecule has 1 saturated heterocycles. The third-order valence-electron chi connectivity index (χ3n) is 8.46. The molecule has 7 nitrogen and oxygen atoms in total. The number of carbonyl (C=O) groups excluding carboxylic acids is 2. The number of nitrogens with one attached hydrogen (secondary N) is 1. The number of pyridine rings is 1. The van der Waals surface area contributed by atoms with E-state index in [0.29, 0.717) is 12.3 Å². The number of carbonyl (C=O) groups is 2. The summed E-state index contributed by atoms with van der Waals surface area (Å²) < 4.78 is 12.1. The Morgan fingerprint density at radius 1 is 0.976 bits per heavy atom. The van der Waals surface area contributed by atoms with Crippen molar-refractivity contribution >= 4 is 59.9 Å². The first kappa shape index (κ1) is 31.6. The number of anilines is 1. The van der Waals surface area contributed by atoms with Crippen LogP contribution in [0.25, 0.3) is 16.8 Å². The van der Waals surface area contributed by atoms with E-state index in [2.05, 4.69) is 45.0 Å². The van der Waals surface area contributed by atoms with Crippen molar-refractivity contribution in [2.45, 2.75) is 77.1 Å². The molecule has 2 heterocycles. The van der Waals surface area contributed by atoms with Gasteiger partial charge < -0.3 is 9.39 Å². The van der Waals surface area contributed by atoms with E-state index < -0.39 is 5.92 Å². The van der Waals surface area contributed by atoms with E-state index in [1.165, 1.54) is 5.01 Å². The zero-order chi connectivity index (χ0) is 30.3. The second-order valence-corrected chi connectivity index (χ2v) is 11.5. The Morgan fingerprint density at radius 3 is 2.33 bits per heavy atom. The van der Waals surface area contributed by atoms with Crippen molar-refractivity contribution in [2.24, 2.45) is 5.92 Å². The molecule has 42 heavy (non-hydrogen) atoms. The van der Waals surface area contributed by atoms with Crippen molar-refractivity contribution in [3.63, 3.8) is 0 Å². The summed E-state index contributed by atoms with van der Waals surface area (Å²) in [4.78, 5) is 30.4. The van der Waals surface area contributed by atoms with Gasteiger partial charge in [-0.2, -0.15) is 12.6 Å². The Morgan fingerprint density at radius 2 is 1.69 bits per heavy atom. The fourth-order valence-electron chi connectivity index (χ4n) is 5.68. The molecule has 1 aliphatic heterocycles. The van der Waals surface area contributed by atoms with E-state index in [1.807, 2.05) is 48.5 Å². The van der Waals surface area contributed by atoms with Crippen LogP contribution < -0.4 is 20.6 Å². The van der Waals surface area contributed by atoms with Gasteiger partial charge in [-0.3, -0.25) is 20.0 Å². The predicted octanol–water partition coefficient (Wildman–Crippen LogP) is 6.04. The lowest BCUT2D eigenvalue weighted by atomic mass is 9.75. The Kier molecular flexibility index (Phi) is 10.4. The SMILES string of the molecule is CCCOc1ccc(/C=C/C2C(=O)NN(c3ccc([B]OC(CC)(CC)C(S)(CC)CC)cc3)C2=O)c2ccncc12. The van der Waals surface area contributed by atoms with E-state index in [-0.39, 0.29) is 22.2 Å². The average Bonchev–Trinajstić information content (AvgIpc) is 3.32. The van der Waals surface area contributed by atoms with E-state index in [1.54, 1.807) is 26.0 Å². The van der Waals surface area contributed by atoms with Crippen molar-refractivity contribution < 1.29 is 19.0 Å². The highest BCUT2D eigenvalue weighted by Gasteiger charge is 2.45. The number of aromatic nitrogens is 1. The van der Waals surface area contributed by atoms with Gasteiger partial charge in [0.05, 0.1) is 17.9 Å². The van der Waals surface area contributed by atoms with Gasteiger partial charge in [-0.15, -0.1) is 0 Å². The van der Waals surface area contributed by atoms with Gasteiger partial charge >= 0.3 is 7.48 Å². The molecule has 9 heteroatoms. The summed E-state index contributed by atoms with van der Waals surface area (Å²) in [5.74, 6) is -0.877. The second-order valence-electron chi connectivity index (χ2n) is 10.7. The third kappa shape index (κ3) is 6.22. The molecule has 1 atom stereocenters. The number of benzene rings is 2. The van der Waals surface area contributed by atoms with Gasteiger partial charge in [-0.05, 0) is 67.3 Å². The summed E-state index contributed by atoms with van der Waals surface area (Å²) in [6.45, 7) is 11.3. The summed E-state index contributed by atoms with van der Waals surface area (Å²) in [7, 11) is 1.78. The zero-order valence-corrected chi connectivity index (χ0v) is 26.1. The molecule has 2 aromatic carbocycles. The summed E-state index contributed by atoms with van der Waals surface area (Å²) in [6, 6.07) is 13.1. The number of hydrogen-bond acceptors (Lipinski definition) is 6. The maximum absolute atomic E-state index is 13.3. The average molecular weight is 587 g/mol. The van der Waals surface area contributed by atoms with Crippen molar-refractivity contribution in [3.8, 4) is 5.75 Å². The Bertz CT molecular complexity index is 1420.